The molecule has 4 rings (SSSR count). The summed E-state index contributed by atoms with van der Waals surface area (Å²) >= 11 is 0. The molecule has 1 unspecified atom stereocenters. The highest BCUT2D eigenvalue weighted by Crippen LogP contribution is 2.30. The summed E-state index contributed by atoms with van der Waals surface area (Å²) in [6.45, 7) is 1.51. The third-order valence-corrected chi connectivity index (χ3v) is 4.85. The van der Waals surface area contributed by atoms with E-state index in [9.17, 15) is 4.79 Å². The number of nitrogens with one attached hydrogen (secondary N) is 1. The predicted octanol–water partition coefficient (Wildman–Crippen LogP) is 1.39. The SMILES string of the molecule is CNC(=O)C1CCCN(c2nc(-c3ccncc3)nc3c2cnn3C)C1. The molecule has 26 heavy (non-hydrogen) atoms. The van der Waals surface area contributed by atoms with E-state index in [1.807, 2.05) is 19.2 Å². The fourth-order valence-corrected chi connectivity index (χ4v) is 3.47. The number of nitrogens with zero attached hydrogens (tertiary/aromatic N) is 6. The molecule has 1 N–H and O–H groups in total. The first kappa shape index (κ1) is 16.4. The van der Waals surface area contributed by atoms with Gasteiger partial charge >= 0.3 is 0 Å². The Balaban J connectivity index is 1.80. The Kier molecular flexibility index (Phi) is 4.24. The van der Waals surface area contributed by atoms with Crippen LogP contribution in [0.15, 0.2) is 30.7 Å². The van der Waals surface area contributed by atoms with Gasteiger partial charge in [0.15, 0.2) is 11.5 Å². The Hall–Kier alpha value is -3.03. The molecule has 3 aromatic heterocycles. The van der Waals surface area contributed by atoms with E-state index < -0.39 is 0 Å². The average molecular weight is 351 g/mol. The first-order valence-corrected chi connectivity index (χ1v) is 8.74. The highest BCUT2D eigenvalue weighted by atomic mass is 16.1. The van der Waals surface area contributed by atoms with E-state index in [1.54, 1.807) is 30.3 Å². The number of carbonyl (C=O) groups is 1. The molecule has 1 aliphatic rings. The van der Waals surface area contributed by atoms with E-state index in [1.165, 1.54) is 0 Å². The number of anilines is 1. The molecule has 0 aliphatic carbocycles. The van der Waals surface area contributed by atoms with Crippen LogP contribution in [0.5, 0.6) is 0 Å². The summed E-state index contributed by atoms with van der Waals surface area (Å²) in [5, 5.41) is 8.02. The molecule has 0 saturated carbocycles. The van der Waals surface area contributed by atoms with Crippen molar-refractivity contribution in [2.24, 2.45) is 13.0 Å². The van der Waals surface area contributed by atoms with E-state index in [0.29, 0.717) is 12.4 Å². The van der Waals surface area contributed by atoms with Gasteiger partial charge in [0.1, 0.15) is 5.82 Å². The van der Waals surface area contributed by atoms with Crippen molar-refractivity contribution in [2.75, 3.05) is 25.0 Å². The minimum absolute atomic E-state index is 0.0280. The van der Waals surface area contributed by atoms with Crippen LogP contribution in [0.2, 0.25) is 0 Å². The largest absolute Gasteiger partial charge is 0.359 e. The first-order chi connectivity index (χ1) is 12.7. The normalized spacial score (nSPS) is 17.5. The molecule has 0 bridgehead atoms. The van der Waals surface area contributed by atoms with Crippen molar-refractivity contribution in [1.29, 1.82) is 0 Å². The molecule has 0 spiro atoms. The number of hydrogen-bond donors (Lipinski definition) is 1. The number of aromatic nitrogens is 5. The molecule has 134 valence electrons. The van der Waals surface area contributed by atoms with Crippen LogP contribution in [0.25, 0.3) is 22.4 Å². The number of amides is 1. The van der Waals surface area contributed by atoms with Crippen LogP contribution in [0.1, 0.15) is 12.8 Å². The van der Waals surface area contributed by atoms with Gasteiger partial charge in [-0.25, -0.2) is 9.97 Å². The van der Waals surface area contributed by atoms with E-state index in [-0.39, 0.29) is 11.8 Å². The lowest BCUT2D eigenvalue weighted by Gasteiger charge is -2.33. The molecule has 8 nitrogen and oxygen atoms in total. The van der Waals surface area contributed by atoms with Gasteiger partial charge in [0.2, 0.25) is 5.91 Å². The third-order valence-electron chi connectivity index (χ3n) is 4.85. The van der Waals surface area contributed by atoms with Crippen molar-refractivity contribution < 1.29 is 4.79 Å². The van der Waals surface area contributed by atoms with Crippen molar-refractivity contribution in [3.05, 3.63) is 30.7 Å². The second kappa shape index (κ2) is 6.70. The highest BCUT2D eigenvalue weighted by molar-refractivity contribution is 5.89. The summed E-state index contributed by atoms with van der Waals surface area (Å²) in [6.07, 6.45) is 7.11. The van der Waals surface area contributed by atoms with Crippen LogP contribution in [0.4, 0.5) is 5.82 Å². The number of hydrogen-bond acceptors (Lipinski definition) is 6. The fourth-order valence-electron chi connectivity index (χ4n) is 3.47. The number of piperidine rings is 1. The van der Waals surface area contributed by atoms with Crippen LogP contribution in [0.3, 0.4) is 0 Å². The molecule has 0 aromatic carbocycles. The first-order valence-electron chi connectivity index (χ1n) is 8.74. The third kappa shape index (κ3) is 2.87. The molecular formula is C18H21N7O. The van der Waals surface area contributed by atoms with E-state index in [0.717, 1.165) is 41.8 Å². The Morgan fingerprint density at radius 3 is 2.85 bits per heavy atom. The van der Waals surface area contributed by atoms with Crippen LogP contribution >= 0.6 is 0 Å². The maximum atomic E-state index is 12.1. The van der Waals surface area contributed by atoms with Crippen molar-refractivity contribution >= 4 is 22.8 Å². The summed E-state index contributed by atoms with van der Waals surface area (Å²) in [6, 6.07) is 3.79. The van der Waals surface area contributed by atoms with Gasteiger partial charge in [-0.3, -0.25) is 14.5 Å². The molecule has 1 atom stereocenters. The molecule has 1 amide bonds. The Morgan fingerprint density at radius 2 is 2.08 bits per heavy atom. The lowest BCUT2D eigenvalue weighted by Crippen LogP contribution is -2.42. The summed E-state index contributed by atoms with van der Waals surface area (Å²) in [5.74, 6) is 1.53. The number of rotatable bonds is 3. The number of aryl methyl sites for hydroxylation is 1. The molecule has 0 radical (unpaired) electrons. The van der Waals surface area contributed by atoms with Gasteiger partial charge < -0.3 is 10.2 Å². The van der Waals surface area contributed by atoms with E-state index in [4.69, 9.17) is 4.98 Å². The highest BCUT2D eigenvalue weighted by Gasteiger charge is 2.28. The topological polar surface area (TPSA) is 88.8 Å². The smallest absolute Gasteiger partial charge is 0.224 e. The zero-order valence-electron chi connectivity index (χ0n) is 14.9. The Morgan fingerprint density at radius 1 is 1.27 bits per heavy atom. The molecule has 1 aliphatic heterocycles. The van der Waals surface area contributed by atoms with Crippen LogP contribution < -0.4 is 10.2 Å². The van der Waals surface area contributed by atoms with Crippen molar-refractivity contribution in [3.63, 3.8) is 0 Å². The lowest BCUT2D eigenvalue weighted by molar-refractivity contribution is -0.124. The van der Waals surface area contributed by atoms with Gasteiger partial charge in [-0.1, -0.05) is 0 Å². The van der Waals surface area contributed by atoms with E-state index in [2.05, 4.69) is 25.3 Å². The standard InChI is InChI=1S/C18H21N7O/c1-19-18(26)13-4-3-9-25(11-13)17-14-10-21-24(2)16(14)22-15(23-17)12-5-7-20-8-6-12/h5-8,10,13H,3-4,9,11H2,1-2H3,(H,19,26). The second-order valence-corrected chi connectivity index (χ2v) is 6.51. The zero-order valence-corrected chi connectivity index (χ0v) is 14.9. The summed E-state index contributed by atoms with van der Waals surface area (Å²) in [4.78, 5) is 27.9. The molecular weight excluding hydrogens is 330 g/mol. The van der Waals surface area contributed by atoms with Crippen molar-refractivity contribution in [2.45, 2.75) is 12.8 Å². The van der Waals surface area contributed by atoms with Gasteiger partial charge in [-0.05, 0) is 25.0 Å². The molecule has 1 fully saturated rings. The van der Waals surface area contributed by atoms with Crippen LogP contribution in [-0.2, 0) is 11.8 Å². The summed E-state index contributed by atoms with van der Waals surface area (Å²) < 4.78 is 1.76. The zero-order chi connectivity index (χ0) is 18.1. The monoisotopic (exact) mass is 351 g/mol. The number of pyridine rings is 1. The van der Waals surface area contributed by atoms with Crippen molar-refractivity contribution in [3.8, 4) is 11.4 Å². The molecule has 1 saturated heterocycles. The summed E-state index contributed by atoms with van der Waals surface area (Å²) in [5.41, 5.74) is 1.69. The van der Waals surface area contributed by atoms with Crippen LogP contribution in [0, 0.1) is 5.92 Å². The number of carbonyl (C=O) groups excluding carboxylic acids is 1. The second-order valence-electron chi connectivity index (χ2n) is 6.51. The minimum atomic E-state index is -0.0280. The van der Waals surface area contributed by atoms with Crippen LogP contribution in [-0.4, -0.2) is 50.8 Å². The van der Waals surface area contributed by atoms with Gasteiger partial charge in [0, 0.05) is 45.1 Å². The lowest BCUT2D eigenvalue weighted by atomic mass is 9.97. The predicted molar refractivity (Wildman–Crippen MR) is 98.5 cm³/mol. The Labute approximate surface area is 151 Å². The maximum Gasteiger partial charge on any atom is 0.224 e. The maximum absolute atomic E-state index is 12.1. The van der Waals surface area contributed by atoms with Gasteiger partial charge in [-0.15, -0.1) is 0 Å². The van der Waals surface area contributed by atoms with Gasteiger partial charge in [0.05, 0.1) is 17.5 Å². The number of fused-ring (bicyclic) bond motifs is 1. The molecule has 3 aromatic rings. The van der Waals surface area contributed by atoms with Crippen molar-refractivity contribution in [1.82, 2.24) is 30.0 Å². The summed E-state index contributed by atoms with van der Waals surface area (Å²) in [7, 11) is 3.56. The van der Waals surface area contributed by atoms with Gasteiger partial charge in [0.25, 0.3) is 0 Å². The molecule has 4 heterocycles. The molecule has 8 heteroatoms. The average Bonchev–Trinajstić information content (AvgIpc) is 3.08. The quantitative estimate of drug-likeness (QED) is 0.767. The Bertz CT molecular complexity index is 937. The van der Waals surface area contributed by atoms with E-state index >= 15 is 0 Å². The van der Waals surface area contributed by atoms with Gasteiger partial charge in [-0.2, -0.15) is 5.10 Å². The fraction of sp³-hybridized carbons (Fsp3) is 0.389. The minimum Gasteiger partial charge on any atom is -0.359 e.